The van der Waals surface area contributed by atoms with E-state index in [-0.39, 0.29) is 23.8 Å². The van der Waals surface area contributed by atoms with Gasteiger partial charge < -0.3 is 29.9 Å². The Morgan fingerprint density at radius 1 is 0.917 bits per heavy atom. The van der Waals surface area contributed by atoms with Crippen LogP contribution >= 0.6 is 0 Å². The summed E-state index contributed by atoms with van der Waals surface area (Å²) in [5, 5.41) is 6.28. The molecule has 9 nitrogen and oxygen atoms in total. The van der Waals surface area contributed by atoms with Gasteiger partial charge in [0, 0.05) is 24.8 Å². The fourth-order valence-electron chi connectivity index (χ4n) is 7.98. The number of hydrogen-bond acceptors (Lipinski definition) is 6. The van der Waals surface area contributed by atoms with Crippen molar-refractivity contribution >= 4 is 23.4 Å². The highest BCUT2D eigenvalue weighted by molar-refractivity contribution is 6.02. The summed E-state index contributed by atoms with van der Waals surface area (Å²) in [5.41, 5.74) is 0.640. The van der Waals surface area contributed by atoms with Gasteiger partial charge in [-0.25, -0.2) is 0 Å². The van der Waals surface area contributed by atoms with Crippen LogP contribution in [0.25, 0.3) is 0 Å². The fourth-order valence-corrected chi connectivity index (χ4v) is 7.98. The third-order valence-electron chi connectivity index (χ3n) is 10.2. The number of likely N-dealkylation sites (tertiary alicyclic amines) is 1. The van der Waals surface area contributed by atoms with Gasteiger partial charge in [-0.05, 0) is 74.8 Å². The predicted molar refractivity (Wildman–Crippen MR) is 183 cm³/mol. The monoisotopic (exact) mass is 648 g/mol. The van der Waals surface area contributed by atoms with Crippen molar-refractivity contribution in [2.75, 3.05) is 25.5 Å². The lowest BCUT2D eigenvalue weighted by Crippen LogP contribution is -2.56. The van der Waals surface area contributed by atoms with E-state index in [0.717, 1.165) is 44.5 Å². The first kappa shape index (κ1) is 32.1. The van der Waals surface area contributed by atoms with Gasteiger partial charge in [-0.2, -0.15) is 0 Å². The smallest absolute Gasteiger partial charge is 0.246 e. The molecule has 48 heavy (non-hydrogen) atoms. The predicted octanol–water partition coefficient (Wildman–Crippen LogP) is 5.54. The first-order valence-corrected chi connectivity index (χ1v) is 17.3. The number of carbonyl (C=O) groups is 3. The SMILES string of the molecule is CN(CCCN1C(=O)[C@@H]2C(C(=O)Nc3ccc(Oc4ccccc4)cc3)[C@@H]3C=CC2(O3)C1C(=O)NC1CCCCC1)Cc1ccccc1. The number of nitrogens with zero attached hydrogens (tertiary/aromatic N) is 2. The molecule has 2 saturated heterocycles. The summed E-state index contributed by atoms with van der Waals surface area (Å²) in [7, 11) is 2.06. The lowest BCUT2D eigenvalue weighted by Gasteiger charge is -2.34. The number of para-hydroxylation sites is 1. The van der Waals surface area contributed by atoms with Crippen molar-refractivity contribution in [1.29, 1.82) is 0 Å². The Hall–Kier alpha value is -4.47. The van der Waals surface area contributed by atoms with Crippen molar-refractivity contribution in [3.63, 3.8) is 0 Å². The zero-order valence-electron chi connectivity index (χ0n) is 27.4. The largest absolute Gasteiger partial charge is 0.457 e. The molecular formula is C39H44N4O5. The molecule has 3 aromatic rings. The topological polar surface area (TPSA) is 100 Å². The summed E-state index contributed by atoms with van der Waals surface area (Å²) in [4.78, 5) is 46.3. The molecule has 1 saturated carbocycles. The summed E-state index contributed by atoms with van der Waals surface area (Å²) in [6.45, 7) is 1.95. The van der Waals surface area contributed by atoms with E-state index in [4.69, 9.17) is 9.47 Å². The van der Waals surface area contributed by atoms with E-state index < -0.39 is 29.6 Å². The number of anilines is 1. The molecule has 1 aliphatic carbocycles. The number of ether oxygens (including phenoxy) is 2. The Kier molecular flexibility index (Phi) is 9.32. The van der Waals surface area contributed by atoms with E-state index in [1.165, 1.54) is 12.0 Å². The van der Waals surface area contributed by atoms with Gasteiger partial charge >= 0.3 is 0 Å². The second kappa shape index (κ2) is 13.9. The van der Waals surface area contributed by atoms with Crippen LogP contribution in [0.5, 0.6) is 11.5 Å². The maximum absolute atomic E-state index is 14.4. The number of carbonyl (C=O) groups excluding carboxylic acids is 3. The van der Waals surface area contributed by atoms with Gasteiger partial charge in [0.05, 0.1) is 17.9 Å². The molecule has 3 aromatic carbocycles. The van der Waals surface area contributed by atoms with E-state index in [2.05, 4.69) is 34.7 Å². The minimum atomic E-state index is -1.17. The van der Waals surface area contributed by atoms with Gasteiger partial charge in [-0.15, -0.1) is 0 Å². The van der Waals surface area contributed by atoms with E-state index in [9.17, 15) is 14.4 Å². The summed E-state index contributed by atoms with van der Waals surface area (Å²) in [5.74, 6) is -0.834. The van der Waals surface area contributed by atoms with Gasteiger partial charge in [0.25, 0.3) is 0 Å². The normalized spacial score (nSPS) is 26.1. The molecule has 2 bridgehead atoms. The van der Waals surface area contributed by atoms with Gasteiger partial charge in [-0.1, -0.05) is 79.9 Å². The zero-order chi connectivity index (χ0) is 33.1. The van der Waals surface area contributed by atoms with Gasteiger partial charge in [-0.3, -0.25) is 14.4 Å². The summed E-state index contributed by atoms with van der Waals surface area (Å²) < 4.78 is 12.4. The number of nitrogens with one attached hydrogen (secondary N) is 2. The van der Waals surface area contributed by atoms with Crippen molar-refractivity contribution in [2.45, 2.75) is 68.9 Å². The van der Waals surface area contributed by atoms with E-state index in [0.29, 0.717) is 24.4 Å². The molecular weight excluding hydrogens is 604 g/mol. The molecule has 3 aliphatic heterocycles. The van der Waals surface area contributed by atoms with Crippen LogP contribution < -0.4 is 15.4 Å². The van der Waals surface area contributed by atoms with Crippen LogP contribution in [0, 0.1) is 11.8 Å². The molecule has 7 rings (SSSR count). The van der Waals surface area contributed by atoms with Crippen LogP contribution in [0.2, 0.25) is 0 Å². The van der Waals surface area contributed by atoms with Crippen molar-refractivity contribution in [3.05, 3.63) is 103 Å². The molecule has 3 heterocycles. The second-order valence-electron chi connectivity index (χ2n) is 13.6. The van der Waals surface area contributed by atoms with Gasteiger partial charge in [0.2, 0.25) is 17.7 Å². The maximum Gasteiger partial charge on any atom is 0.246 e. The third kappa shape index (κ3) is 6.49. The Morgan fingerprint density at radius 2 is 1.60 bits per heavy atom. The second-order valence-corrected chi connectivity index (χ2v) is 13.6. The van der Waals surface area contributed by atoms with Gasteiger partial charge in [0.15, 0.2) is 0 Å². The van der Waals surface area contributed by atoms with Crippen LogP contribution in [0.4, 0.5) is 5.69 Å². The van der Waals surface area contributed by atoms with Crippen LogP contribution in [0.1, 0.15) is 44.1 Å². The first-order chi connectivity index (χ1) is 23.4. The van der Waals surface area contributed by atoms with Crippen LogP contribution in [0.15, 0.2) is 97.1 Å². The highest BCUT2D eigenvalue weighted by Gasteiger charge is 2.72. The summed E-state index contributed by atoms with van der Waals surface area (Å²) in [6, 6.07) is 26.2. The minimum absolute atomic E-state index is 0.0891. The van der Waals surface area contributed by atoms with Crippen LogP contribution in [0.3, 0.4) is 0 Å². The molecule has 3 unspecified atom stereocenters. The number of benzene rings is 3. The van der Waals surface area contributed by atoms with E-state index >= 15 is 0 Å². The average molecular weight is 649 g/mol. The molecule has 4 aliphatic rings. The molecule has 3 amide bonds. The maximum atomic E-state index is 14.4. The summed E-state index contributed by atoms with van der Waals surface area (Å²) in [6.07, 6.45) is 9.07. The molecule has 0 aromatic heterocycles. The summed E-state index contributed by atoms with van der Waals surface area (Å²) >= 11 is 0. The Labute approximate surface area is 282 Å². The number of fused-ring (bicyclic) bond motifs is 1. The van der Waals surface area contributed by atoms with E-state index in [1.807, 2.05) is 60.7 Å². The highest BCUT2D eigenvalue weighted by atomic mass is 16.5. The lowest BCUT2D eigenvalue weighted by molar-refractivity contribution is -0.141. The molecule has 250 valence electrons. The van der Waals surface area contributed by atoms with Crippen molar-refractivity contribution in [3.8, 4) is 11.5 Å². The number of rotatable bonds is 12. The van der Waals surface area contributed by atoms with Crippen LogP contribution in [-0.2, 0) is 25.7 Å². The van der Waals surface area contributed by atoms with Crippen molar-refractivity contribution in [2.24, 2.45) is 11.8 Å². The van der Waals surface area contributed by atoms with Crippen LogP contribution in [-0.4, -0.2) is 71.4 Å². The molecule has 0 radical (unpaired) electrons. The Balaban J connectivity index is 1.07. The van der Waals surface area contributed by atoms with Crippen molar-refractivity contribution < 1.29 is 23.9 Å². The fraction of sp³-hybridized carbons (Fsp3) is 0.410. The standard InChI is InChI=1S/C39H44N4O5/c1-42(26-27-12-5-2-6-13-27)24-11-25-43-35(37(45)41-28-14-7-3-8-15-28)39-23-22-32(48-39)33(34(39)38(43)46)36(44)40-29-18-20-31(21-19-29)47-30-16-9-4-10-17-30/h2,4-6,9-10,12-13,16-23,28,32-35H,3,7-8,11,14-15,24-26H2,1H3,(H,40,44)(H,41,45)/t32-,33?,34-,35?,39?/m0/s1. The number of hydrogen-bond donors (Lipinski definition) is 2. The molecule has 2 N–H and O–H groups in total. The quantitative estimate of drug-likeness (QED) is 0.250. The average Bonchev–Trinajstić information content (AvgIpc) is 3.74. The zero-order valence-corrected chi connectivity index (χ0v) is 27.4. The first-order valence-electron chi connectivity index (χ1n) is 17.3. The lowest BCUT2D eigenvalue weighted by atomic mass is 9.74. The Morgan fingerprint density at radius 3 is 2.33 bits per heavy atom. The molecule has 1 spiro atoms. The molecule has 5 atom stereocenters. The van der Waals surface area contributed by atoms with E-state index in [1.54, 1.807) is 29.2 Å². The minimum Gasteiger partial charge on any atom is -0.457 e. The molecule has 3 fully saturated rings. The Bertz CT molecular complexity index is 1630. The van der Waals surface area contributed by atoms with Gasteiger partial charge in [0.1, 0.15) is 23.1 Å². The highest BCUT2D eigenvalue weighted by Crippen LogP contribution is 2.55. The number of amides is 3. The molecule has 9 heteroatoms. The third-order valence-corrected chi connectivity index (χ3v) is 10.2. The van der Waals surface area contributed by atoms with Crippen molar-refractivity contribution in [1.82, 2.24) is 15.1 Å².